The molecule has 0 aromatic carbocycles. The van der Waals surface area contributed by atoms with E-state index in [1.807, 2.05) is 5.38 Å². The summed E-state index contributed by atoms with van der Waals surface area (Å²) in [4.78, 5) is 18.0. The van der Waals surface area contributed by atoms with Crippen LogP contribution in [-0.4, -0.2) is 33.0 Å². The van der Waals surface area contributed by atoms with Gasteiger partial charge in [0, 0.05) is 18.3 Å². The van der Waals surface area contributed by atoms with Crippen molar-refractivity contribution < 1.29 is 4.79 Å². The Morgan fingerprint density at radius 3 is 3.05 bits per heavy atom. The van der Waals surface area contributed by atoms with Crippen molar-refractivity contribution in [3.05, 3.63) is 28.0 Å². The predicted octanol–water partition coefficient (Wildman–Crippen LogP) is 1.60. The first-order valence-corrected chi connectivity index (χ1v) is 7.07. The molecule has 2 aromatic rings. The number of rotatable bonds is 4. The molecule has 3 N–H and O–H groups in total. The van der Waals surface area contributed by atoms with E-state index in [0.29, 0.717) is 23.8 Å². The molecule has 1 aliphatic carbocycles. The van der Waals surface area contributed by atoms with Crippen LogP contribution in [0.25, 0.3) is 0 Å². The summed E-state index contributed by atoms with van der Waals surface area (Å²) in [6.07, 6.45) is 2.24. The second-order valence-electron chi connectivity index (χ2n) is 4.81. The van der Waals surface area contributed by atoms with Crippen LogP contribution in [0.15, 0.2) is 10.9 Å². The first kappa shape index (κ1) is 12.2. The zero-order chi connectivity index (χ0) is 13.4. The monoisotopic (exact) mass is 277 g/mol. The lowest BCUT2D eigenvalue weighted by molar-refractivity contribution is 0.0779. The van der Waals surface area contributed by atoms with E-state index in [1.165, 1.54) is 11.3 Å². The summed E-state index contributed by atoms with van der Waals surface area (Å²) in [5.41, 5.74) is 10.4. The molecule has 2 heterocycles. The average molecular weight is 277 g/mol. The molecule has 3 rings (SSSR count). The van der Waals surface area contributed by atoms with Gasteiger partial charge in [0.2, 0.25) is 0 Å². The number of nitrogens with one attached hydrogen (secondary N) is 1. The van der Waals surface area contributed by atoms with Gasteiger partial charge in [-0.25, -0.2) is 4.98 Å². The number of nitrogen functional groups attached to an aromatic ring is 1. The average Bonchev–Trinajstić information content (AvgIpc) is 2.97. The van der Waals surface area contributed by atoms with Gasteiger partial charge in [0.1, 0.15) is 0 Å². The van der Waals surface area contributed by atoms with Crippen LogP contribution < -0.4 is 5.73 Å². The number of anilines is 1. The SMILES string of the molecule is CN(Cc1cscn1)C(=O)c1n[nH]c(C2CC2)c1N. The van der Waals surface area contributed by atoms with Crippen LogP contribution in [0.4, 0.5) is 5.69 Å². The number of nitrogens with zero attached hydrogens (tertiary/aromatic N) is 3. The highest BCUT2D eigenvalue weighted by Gasteiger charge is 2.31. The topological polar surface area (TPSA) is 87.9 Å². The van der Waals surface area contributed by atoms with Crippen LogP contribution in [0.5, 0.6) is 0 Å². The summed E-state index contributed by atoms with van der Waals surface area (Å²) >= 11 is 1.51. The number of aromatic amines is 1. The van der Waals surface area contributed by atoms with Crippen molar-refractivity contribution in [2.45, 2.75) is 25.3 Å². The quantitative estimate of drug-likeness (QED) is 0.888. The third-order valence-corrected chi connectivity index (χ3v) is 3.89. The molecular weight excluding hydrogens is 262 g/mol. The highest BCUT2D eigenvalue weighted by atomic mass is 32.1. The lowest BCUT2D eigenvalue weighted by Crippen LogP contribution is -2.27. The summed E-state index contributed by atoms with van der Waals surface area (Å²) in [6.45, 7) is 0.466. The minimum absolute atomic E-state index is 0.173. The van der Waals surface area contributed by atoms with Crippen LogP contribution in [0.3, 0.4) is 0 Å². The fourth-order valence-electron chi connectivity index (χ4n) is 2.02. The second-order valence-corrected chi connectivity index (χ2v) is 5.53. The Morgan fingerprint density at radius 1 is 1.63 bits per heavy atom. The van der Waals surface area contributed by atoms with E-state index >= 15 is 0 Å². The minimum atomic E-state index is -0.173. The number of H-pyrrole nitrogens is 1. The van der Waals surface area contributed by atoms with Crippen LogP contribution in [-0.2, 0) is 6.54 Å². The van der Waals surface area contributed by atoms with Gasteiger partial charge in [-0.3, -0.25) is 9.89 Å². The molecule has 0 atom stereocenters. The fraction of sp³-hybridized carbons (Fsp3) is 0.417. The lowest BCUT2D eigenvalue weighted by atomic mass is 10.2. The van der Waals surface area contributed by atoms with Crippen molar-refractivity contribution in [3.8, 4) is 0 Å². The molecule has 2 aromatic heterocycles. The molecule has 1 amide bonds. The molecular formula is C12H15N5OS. The first-order chi connectivity index (χ1) is 9.16. The maximum Gasteiger partial charge on any atom is 0.276 e. The maximum atomic E-state index is 12.3. The van der Waals surface area contributed by atoms with Gasteiger partial charge in [0.05, 0.1) is 29.1 Å². The Balaban J connectivity index is 1.75. The fourth-order valence-corrected chi connectivity index (χ4v) is 2.57. The van der Waals surface area contributed by atoms with E-state index in [2.05, 4.69) is 15.2 Å². The van der Waals surface area contributed by atoms with Crippen LogP contribution >= 0.6 is 11.3 Å². The molecule has 0 aliphatic heterocycles. The molecule has 0 spiro atoms. The van der Waals surface area contributed by atoms with Gasteiger partial charge in [-0.05, 0) is 12.8 Å². The van der Waals surface area contributed by atoms with Gasteiger partial charge < -0.3 is 10.6 Å². The first-order valence-electron chi connectivity index (χ1n) is 6.13. The molecule has 1 aliphatic rings. The van der Waals surface area contributed by atoms with Crippen molar-refractivity contribution in [1.82, 2.24) is 20.1 Å². The number of amides is 1. The molecule has 7 heteroatoms. The van der Waals surface area contributed by atoms with Crippen molar-refractivity contribution in [2.24, 2.45) is 0 Å². The molecule has 0 bridgehead atoms. The summed E-state index contributed by atoms with van der Waals surface area (Å²) in [6, 6.07) is 0. The Kier molecular flexibility index (Phi) is 2.98. The summed E-state index contributed by atoms with van der Waals surface area (Å²) in [5.74, 6) is 0.284. The number of hydrogen-bond donors (Lipinski definition) is 2. The van der Waals surface area contributed by atoms with Crippen LogP contribution in [0.2, 0.25) is 0 Å². The van der Waals surface area contributed by atoms with Crippen molar-refractivity contribution >= 4 is 22.9 Å². The number of carbonyl (C=O) groups is 1. The normalized spacial score (nSPS) is 14.6. The molecule has 0 unspecified atom stereocenters. The van der Waals surface area contributed by atoms with E-state index in [0.717, 1.165) is 24.2 Å². The van der Waals surface area contributed by atoms with Crippen LogP contribution in [0.1, 0.15) is 40.6 Å². The Hall–Kier alpha value is -1.89. The van der Waals surface area contributed by atoms with Gasteiger partial charge in [0.25, 0.3) is 5.91 Å². The highest BCUT2D eigenvalue weighted by molar-refractivity contribution is 7.07. The molecule has 0 saturated heterocycles. The summed E-state index contributed by atoms with van der Waals surface area (Å²) < 4.78 is 0. The maximum absolute atomic E-state index is 12.3. The Bertz CT molecular complexity index is 587. The zero-order valence-corrected chi connectivity index (χ0v) is 11.4. The standard InChI is InChI=1S/C12H15N5OS/c1-17(4-8-5-19-6-14-8)12(18)11-9(13)10(15-16-11)7-2-3-7/h5-7H,2-4,13H2,1H3,(H,15,16). The number of carbonyl (C=O) groups excluding carboxylic acids is 1. The minimum Gasteiger partial charge on any atom is -0.395 e. The van der Waals surface area contributed by atoms with Crippen molar-refractivity contribution in [2.75, 3.05) is 12.8 Å². The second kappa shape index (κ2) is 4.65. The molecule has 0 radical (unpaired) electrons. The van der Waals surface area contributed by atoms with E-state index in [1.54, 1.807) is 17.5 Å². The highest BCUT2D eigenvalue weighted by Crippen LogP contribution is 2.42. The van der Waals surface area contributed by atoms with Gasteiger partial charge in [-0.2, -0.15) is 5.10 Å². The van der Waals surface area contributed by atoms with E-state index in [4.69, 9.17) is 5.73 Å². The summed E-state index contributed by atoms with van der Waals surface area (Å²) in [7, 11) is 1.73. The van der Waals surface area contributed by atoms with Gasteiger partial charge in [0.15, 0.2) is 5.69 Å². The van der Waals surface area contributed by atoms with Crippen molar-refractivity contribution in [3.63, 3.8) is 0 Å². The van der Waals surface area contributed by atoms with Crippen molar-refractivity contribution in [1.29, 1.82) is 0 Å². The third-order valence-electron chi connectivity index (χ3n) is 3.25. The predicted molar refractivity (Wildman–Crippen MR) is 72.9 cm³/mol. The zero-order valence-electron chi connectivity index (χ0n) is 10.6. The van der Waals surface area contributed by atoms with E-state index in [-0.39, 0.29) is 5.91 Å². The third kappa shape index (κ3) is 2.33. The van der Waals surface area contributed by atoms with E-state index < -0.39 is 0 Å². The van der Waals surface area contributed by atoms with Crippen LogP contribution in [0, 0.1) is 0 Å². The number of nitrogens with two attached hydrogens (primary N) is 1. The number of thiazole rings is 1. The molecule has 1 fully saturated rings. The molecule has 100 valence electrons. The lowest BCUT2D eigenvalue weighted by Gasteiger charge is -2.14. The van der Waals surface area contributed by atoms with Gasteiger partial charge in [-0.15, -0.1) is 11.3 Å². The van der Waals surface area contributed by atoms with E-state index in [9.17, 15) is 4.79 Å². The molecule has 6 nitrogen and oxygen atoms in total. The smallest absolute Gasteiger partial charge is 0.276 e. The Morgan fingerprint density at radius 2 is 2.42 bits per heavy atom. The number of hydrogen-bond acceptors (Lipinski definition) is 5. The number of aromatic nitrogens is 3. The summed E-state index contributed by atoms with van der Waals surface area (Å²) in [5, 5.41) is 8.89. The Labute approximate surface area is 114 Å². The largest absolute Gasteiger partial charge is 0.395 e. The molecule has 19 heavy (non-hydrogen) atoms. The van der Waals surface area contributed by atoms with Gasteiger partial charge in [-0.1, -0.05) is 0 Å². The van der Waals surface area contributed by atoms with Gasteiger partial charge >= 0.3 is 0 Å². The molecule has 1 saturated carbocycles.